The molecule has 0 aliphatic heterocycles. The Bertz CT molecular complexity index is 76.0. The Hall–Kier alpha value is -0.120. The fourth-order valence-corrected chi connectivity index (χ4v) is 0.784. The van der Waals surface area contributed by atoms with Crippen molar-refractivity contribution in [3.8, 4) is 0 Å². The average Bonchev–Trinajstić information content (AvgIpc) is 1.86. The highest BCUT2D eigenvalue weighted by molar-refractivity contribution is 4.63. The molecule has 0 bridgehead atoms. The van der Waals surface area contributed by atoms with Gasteiger partial charge in [0.2, 0.25) is 0 Å². The molecule has 0 saturated carbocycles. The molecule has 0 spiro atoms. The molecule has 1 atom stereocenters. The quantitative estimate of drug-likeness (QED) is 0.543. The molecule has 0 heterocycles. The van der Waals surface area contributed by atoms with Gasteiger partial charge >= 0.3 is 0 Å². The summed E-state index contributed by atoms with van der Waals surface area (Å²) in [5.74, 6) is 0. The molecule has 0 aliphatic rings. The lowest BCUT2D eigenvalue weighted by Crippen LogP contribution is -2.46. The van der Waals surface area contributed by atoms with Crippen LogP contribution in [0.4, 0.5) is 0 Å². The number of likely N-dealkylation sites (N-methyl/N-ethyl adjacent to an activating group) is 1. The van der Waals surface area contributed by atoms with E-state index in [4.69, 9.17) is 4.74 Å². The molecule has 0 aromatic carbocycles. The van der Waals surface area contributed by atoms with Gasteiger partial charge < -0.3 is 10.1 Å². The molecule has 3 nitrogen and oxygen atoms in total. The van der Waals surface area contributed by atoms with E-state index >= 15 is 0 Å². The number of hydrogen-bond donors (Lipinski definition) is 2. The summed E-state index contributed by atoms with van der Waals surface area (Å²) in [5.41, 5.74) is 0. The van der Waals surface area contributed by atoms with Crippen LogP contribution in [0.3, 0.4) is 0 Å². The molecule has 10 heavy (non-hydrogen) atoms. The van der Waals surface area contributed by atoms with Gasteiger partial charge in [0.05, 0.1) is 12.8 Å². The van der Waals surface area contributed by atoms with Gasteiger partial charge in [-0.15, -0.1) is 0 Å². The van der Waals surface area contributed by atoms with Gasteiger partial charge in [0.25, 0.3) is 0 Å². The third-order valence-corrected chi connectivity index (χ3v) is 1.22. The summed E-state index contributed by atoms with van der Waals surface area (Å²) in [5, 5.41) is 6.39. The maximum absolute atomic E-state index is 4.97. The summed E-state index contributed by atoms with van der Waals surface area (Å²) in [6.45, 7) is 4.93. The maximum Gasteiger partial charge on any atom is 0.0812 e. The number of methoxy groups -OCH3 is 1. The third kappa shape index (κ3) is 4.73. The molecule has 62 valence electrons. The van der Waals surface area contributed by atoms with Crippen LogP contribution in [-0.2, 0) is 4.74 Å². The van der Waals surface area contributed by atoms with Gasteiger partial charge in [-0.1, -0.05) is 0 Å². The van der Waals surface area contributed by atoms with Crippen LogP contribution in [0.25, 0.3) is 0 Å². The zero-order chi connectivity index (χ0) is 7.98. The fraction of sp³-hybridized carbons (Fsp3) is 1.00. The summed E-state index contributed by atoms with van der Waals surface area (Å²) in [6.07, 6.45) is 0.269. The van der Waals surface area contributed by atoms with Crippen molar-refractivity contribution in [2.24, 2.45) is 0 Å². The van der Waals surface area contributed by atoms with Gasteiger partial charge in [-0.05, 0) is 20.9 Å². The summed E-state index contributed by atoms with van der Waals surface area (Å²) in [7, 11) is 3.62. The van der Waals surface area contributed by atoms with E-state index in [0.29, 0.717) is 12.6 Å². The van der Waals surface area contributed by atoms with E-state index in [2.05, 4.69) is 24.5 Å². The van der Waals surface area contributed by atoms with Gasteiger partial charge in [0, 0.05) is 13.2 Å². The normalized spacial score (nSPS) is 14.1. The molecule has 0 aliphatic carbocycles. The summed E-state index contributed by atoms with van der Waals surface area (Å²) < 4.78 is 4.97. The zero-order valence-corrected chi connectivity index (χ0v) is 7.27. The van der Waals surface area contributed by atoms with Gasteiger partial charge in [-0.2, -0.15) is 0 Å². The van der Waals surface area contributed by atoms with Crippen molar-refractivity contribution in [1.82, 2.24) is 10.6 Å². The van der Waals surface area contributed by atoms with E-state index in [0.717, 1.165) is 0 Å². The van der Waals surface area contributed by atoms with Crippen molar-refractivity contribution in [2.75, 3.05) is 20.8 Å². The highest BCUT2D eigenvalue weighted by atomic mass is 16.5. The largest absolute Gasteiger partial charge is 0.382 e. The summed E-state index contributed by atoms with van der Waals surface area (Å²) in [4.78, 5) is 0. The molecule has 0 radical (unpaired) electrons. The Labute approximate surface area is 63.1 Å². The predicted octanol–water partition coefficient (Wildman–Crippen LogP) is 0.176. The van der Waals surface area contributed by atoms with E-state index in [1.165, 1.54) is 0 Å². The first kappa shape index (κ1) is 9.88. The lowest BCUT2D eigenvalue weighted by molar-refractivity contribution is 0.152. The van der Waals surface area contributed by atoms with E-state index in [9.17, 15) is 0 Å². The molecule has 0 aromatic rings. The highest BCUT2D eigenvalue weighted by Crippen LogP contribution is 1.82. The van der Waals surface area contributed by atoms with Crippen LogP contribution in [0.15, 0.2) is 0 Å². The average molecular weight is 146 g/mol. The Kier molecular flexibility index (Phi) is 5.58. The van der Waals surface area contributed by atoms with Crippen LogP contribution in [0.2, 0.25) is 0 Å². The molecule has 2 N–H and O–H groups in total. The summed E-state index contributed by atoms with van der Waals surface area (Å²) >= 11 is 0. The zero-order valence-electron chi connectivity index (χ0n) is 7.27. The Morgan fingerprint density at radius 1 is 1.40 bits per heavy atom. The van der Waals surface area contributed by atoms with E-state index < -0.39 is 0 Å². The number of ether oxygens (including phenoxy) is 1. The number of rotatable bonds is 5. The topological polar surface area (TPSA) is 33.3 Å². The standard InChI is InChI=1S/C7H18N2O/c1-6(2)9-7(8-3)5-10-4/h6-9H,5H2,1-4H3/t7-/m0/s1. The molecular weight excluding hydrogens is 128 g/mol. The van der Waals surface area contributed by atoms with Crippen LogP contribution >= 0.6 is 0 Å². The van der Waals surface area contributed by atoms with Crippen LogP contribution in [-0.4, -0.2) is 33.0 Å². The van der Waals surface area contributed by atoms with Crippen molar-refractivity contribution in [3.05, 3.63) is 0 Å². The second-order valence-corrected chi connectivity index (χ2v) is 2.62. The van der Waals surface area contributed by atoms with E-state index in [1.54, 1.807) is 7.11 Å². The number of hydrogen-bond acceptors (Lipinski definition) is 3. The monoisotopic (exact) mass is 146 g/mol. The predicted molar refractivity (Wildman–Crippen MR) is 43.0 cm³/mol. The lowest BCUT2D eigenvalue weighted by Gasteiger charge is -2.19. The van der Waals surface area contributed by atoms with Crippen molar-refractivity contribution in [3.63, 3.8) is 0 Å². The van der Waals surface area contributed by atoms with Crippen LogP contribution in [0, 0.1) is 0 Å². The first-order valence-electron chi connectivity index (χ1n) is 3.63. The molecule has 0 unspecified atom stereocenters. The molecule has 0 fully saturated rings. The second-order valence-electron chi connectivity index (χ2n) is 2.62. The third-order valence-electron chi connectivity index (χ3n) is 1.22. The molecule has 0 aromatic heterocycles. The van der Waals surface area contributed by atoms with Crippen molar-refractivity contribution in [2.45, 2.75) is 26.1 Å². The lowest BCUT2D eigenvalue weighted by atomic mass is 10.3. The minimum atomic E-state index is 0.269. The molecule has 0 saturated heterocycles. The fourth-order valence-electron chi connectivity index (χ4n) is 0.784. The second kappa shape index (κ2) is 5.65. The minimum absolute atomic E-state index is 0.269. The van der Waals surface area contributed by atoms with Crippen LogP contribution < -0.4 is 10.6 Å². The Balaban J connectivity index is 3.39. The van der Waals surface area contributed by atoms with Gasteiger partial charge in [0.1, 0.15) is 0 Å². The van der Waals surface area contributed by atoms with Gasteiger partial charge in [-0.3, -0.25) is 5.32 Å². The first-order valence-corrected chi connectivity index (χ1v) is 3.63. The molecule has 0 rings (SSSR count). The summed E-state index contributed by atoms with van der Waals surface area (Å²) in [6, 6.07) is 0.493. The highest BCUT2D eigenvalue weighted by Gasteiger charge is 2.04. The van der Waals surface area contributed by atoms with Gasteiger partial charge in [0.15, 0.2) is 0 Å². The van der Waals surface area contributed by atoms with E-state index in [-0.39, 0.29) is 6.17 Å². The van der Waals surface area contributed by atoms with E-state index in [1.807, 2.05) is 7.05 Å². The first-order chi connectivity index (χ1) is 4.70. The van der Waals surface area contributed by atoms with Gasteiger partial charge in [-0.25, -0.2) is 0 Å². The molecular formula is C7H18N2O. The van der Waals surface area contributed by atoms with Crippen LogP contribution in [0.5, 0.6) is 0 Å². The smallest absolute Gasteiger partial charge is 0.0812 e. The Morgan fingerprint density at radius 3 is 2.30 bits per heavy atom. The van der Waals surface area contributed by atoms with Crippen molar-refractivity contribution in [1.29, 1.82) is 0 Å². The molecule has 3 heteroatoms. The number of nitrogens with one attached hydrogen (secondary N) is 2. The Morgan fingerprint density at radius 2 is 2.00 bits per heavy atom. The van der Waals surface area contributed by atoms with Crippen molar-refractivity contribution < 1.29 is 4.74 Å². The van der Waals surface area contributed by atoms with Crippen molar-refractivity contribution >= 4 is 0 Å². The minimum Gasteiger partial charge on any atom is -0.382 e. The SMILES string of the molecule is CN[C@H](COC)NC(C)C. The molecule has 0 amide bonds. The maximum atomic E-state index is 4.97. The van der Waals surface area contributed by atoms with Crippen LogP contribution in [0.1, 0.15) is 13.8 Å².